The number of hydrogen-bond donors (Lipinski definition) is 0. The molecule has 19 heavy (non-hydrogen) atoms. The van der Waals surface area contributed by atoms with Crippen LogP contribution in [0.1, 0.15) is 16.1 Å². The van der Waals surface area contributed by atoms with Crippen LogP contribution in [-0.4, -0.2) is 39.0 Å². The summed E-state index contributed by atoms with van der Waals surface area (Å²) in [4.78, 5) is 22.3. The molecule has 1 aliphatic rings. The molecule has 0 spiro atoms. The van der Waals surface area contributed by atoms with Gasteiger partial charge in [0.25, 0.3) is 5.91 Å². The van der Waals surface area contributed by atoms with Gasteiger partial charge >= 0.3 is 0 Å². The largest absolute Gasteiger partial charge is 0.481 e. The first-order valence-electron chi connectivity index (χ1n) is 6.06. The zero-order valence-corrected chi connectivity index (χ0v) is 10.6. The monoisotopic (exact) mass is 258 g/mol. The van der Waals surface area contributed by atoms with E-state index in [4.69, 9.17) is 4.74 Å². The van der Waals surface area contributed by atoms with E-state index in [1.54, 1.807) is 30.9 Å². The van der Waals surface area contributed by atoms with Gasteiger partial charge in [0.1, 0.15) is 0 Å². The van der Waals surface area contributed by atoms with Crippen molar-refractivity contribution < 1.29 is 9.53 Å². The van der Waals surface area contributed by atoms with Gasteiger partial charge in [0, 0.05) is 37.1 Å². The normalized spacial score (nSPS) is 14.1. The highest BCUT2D eigenvalue weighted by Crippen LogP contribution is 2.16. The molecular weight excluding hydrogens is 244 g/mol. The summed E-state index contributed by atoms with van der Waals surface area (Å²) in [5.41, 5.74) is 1.65. The Kier molecular flexibility index (Phi) is 2.91. The van der Waals surface area contributed by atoms with Crippen molar-refractivity contribution in [3.63, 3.8) is 0 Å². The van der Waals surface area contributed by atoms with Gasteiger partial charge in [-0.15, -0.1) is 0 Å². The lowest BCUT2D eigenvalue weighted by Gasteiger charge is -2.28. The molecule has 0 aromatic carbocycles. The van der Waals surface area contributed by atoms with E-state index in [0.29, 0.717) is 24.5 Å². The third-order valence-corrected chi connectivity index (χ3v) is 3.24. The Bertz CT molecular complexity index is 608. The number of methoxy groups -OCH3 is 1. The molecule has 0 saturated heterocycles. The molecule has 3 heterocycles. The topological polar surface area (TPSA) is 60.2 Å². The van der Waals surface area contributed by atoms with E-state index in [2.05, 4.69) is 14.5 Å². The molecule has 6 nitrogen and oxygen atoms in total. The maximum Gasteiger partial charge on any atom is 0.254 e. The Morgan fingerprint density at radius 2 is 2.32 bits per heavy atom. The fourth-order valence-corrected chi connectivity index (χ4v) is 2.19. The first kappa shape index (κ1) is 11.7. The average molecular weight is 258 g/mol. The predicted molar refractivity (Wildman–Crippen MR) is 67.8 cm³/mol. The summed E-state index contributed by atoms with van der Waals surface area (Å²) in [6.45, 7) is 2.06. The predicted octanol–water partition coefficient (Wildman–Crippen LogP) is 0.943. The lowest BCUT2D eigenvalue weighted by atomic mass is 10.2. The summed E-state index contributed by atoms with van der Waals surface area (Å²) in [5, 5.41) is 0. The molecule has 0 aliphatic carbocycles. The summed E-state index contributed by atoms with van der Waals surface area (Å²) in [6.07, 6.45) is 5.18. The summed E-state index contributed by atoms with van der Waals surface area (Å²) >= 11 is 0. The van der Waals surface area contributed by atoms with E-state index in [1.807, 2.05) is 4.90 Å². The van der Waals surface area contributed by atoms with E-state index < -0.39 is 0 Å². The number of carbonyl (C=O) groups is 1. The maximum absolute atomic E-state index is 12.4. The molecule has 3 rings (SSSR count). The van der Waals surface area contributed by atoms with Gasteiger partial charge in [0.2, 0.25) is 5.88 Å². The van der Waals surface area contributed by atoms with Crippen LogP contribution in [0.4, 0.5) is 0 Å². The number of rotatable bonds is 2. The van der Waals surface area contributed by atoms with E-state index in [9.17, 15) is 4.79 Å². The van der Waals surface area contributed by atoms with E-state index in [1.165, 1.54) is 7.11 Å². The Hall–Kier alpha value is -2.37. The molecule has 98 valence electrons. The van der Waals surface area contributed by atoms with Crippen LogP contribution in [-0.2, 0) is 13.1 Å². The Labute approximate surface area is 110 Å². The molecule has 1 amide bonds. The minimum absolute atomic E-state index is 0.00634. The van der Waals surface area contributed by atoms with Crippen LogP contribution in [0.15, 0.2) is 30.9 Å². The van der Waals surface area contributed by atoms with Gasteiger partial charge in [-0.2, -0.15) is 0 Å². The number of hydrogen-bond acceptors (Lipinski definition) is 4. The van der Waals surface area contributed by atoms with Gasteiger partial charge in [-0.25, -0.2) is 9.97 Å². The van der Waals surface area contributed by atoms with Crippen LogP contribution >= 0.6 is 0 Å². The number of amides is 1. The molecule has 6 heteroatoms. The third kappa shape index (κ3) is 2.16. The Morgan fingerprint density at radius 3 is 3.16 bits per heavy atom. The standard InChI is InChI=1S/C13H14N4O2/c1-19-12-6-10(2-3-15-12)13(18)16-4-5-17-9-14-7-11(17)8-16/h2-3,6-7,9H,4-5,8H2,1H3. The van der Waals surface area contributed by atoms with Gasteiger partial charge in [-0.05, 0) is 6.07 Å². The fourth-order valence-electron chi connectivity index (χ4n) is 2.19. The smallest absolute Gasteiger partial charge is 0.254 e. The average Bonchev–Trinajstić information content (AvgIpc) is 2.94. The molecule has 1 aliphatic heterocycles. The van der Waals surface area contributed by atoms with Crippen LogP contribution < -0.4 is 4.74 Å². The second-order valence-corrected chi connectivity index (χ2v) is 4.39. The van der Waals surface area contributed by atoms with Crippen LogP contribution in [0, 0.1) is 0 Å². The van der Waals surface area contributed by atoms with Gasteiger partial charge < -0.3 is 14.2 Å². The van der Waals surface area contributed by atoms with E-state index in [-0.39, 0.29) is 5.91 Å². The first-order valence-corrected chi connectivity index (χ1v) is 6.06. The summed E-state index contributed by atoms with van der Waals surface area (Å²) < 4.78 is 7.11. The molecule has 0 N–H and O–H groups in total. The first-order chi connectivity index (χ1) is 9.28. The molecule has 0 bridgehead atoms. The van der Waals surface area contributed by atoms with Crippen molar-refractivity contribution >= 4 is 5.91 Å². The SMILES string of the molecule is COc1cc(C(=O)N2CCn3cncc3C2)ccn1. The van der Waals surface area contributed by atoms with Gasteiger partial charge in [-0.3, -0.25) is 4.79 Å². The van der Waals surface area contributed by atoms with Crippen molar-refractivity contribution in [1.82, 2.24) is 19.4 Å². The van der Waals surface area contributed by atoms with Crippen LogP contribution in [0.2, 0.25) is 0 Å². The van der Waals surface area contributed by atoms with Crippen molar-refractivity contribution in [1.29, 1.82) is 0 Å². The minimum atomic E-state index is -0.00634. The van der Waals surface area contributed by atoms with Crippen LogP contribution in [0.25, 0.3) is 0 Å². The van der Waals surface area contributed by atoms with Crippen LogP contribution in [0.5, 0.6) is 5.88 Å². The van der Waals surface area contributed by atoms with Crippen molar-refractivity contribution in [2.75, 3.05) is 13.7 Å². The number of carbonyl (C=O) groups excluding carboxylic acids is 1. The zero-order valence-electron chi connectivity index (χ0n) is 10.6. The molecule has 2 aromatic rings. The quantitative estimate of drug-likeness (QED) is 0.804. The molecular formula is C13H14N4O2. The number of ether oxygens (including phenoxy) is 1. The van der Waals surface area contributed by atoms with E-state index >= 15 is 0 Å². The maximum atomic E-state index is 12.4. The van der Waals surface area contributed by atoms with Crippen molar-refractivity contribution in [2.45, 2.75) is 13.1 Å². The van der Waals surface area contributed by atoms with Gasteiger partial charge in [-0.1, -0.05) is 0 Å². The number of imidazole rings is 1. The van der Waals surface area contributed by atoms with Crippen molar-refractivity contribution in [3.05, 3.63) is 42.1 Å². The Balaban J connectivity index is 1.81. The van der Waals surface area contributed by atoms with Gasteiger partial charge in [0.05, 0.1) is 25.7 Å². The molecule has 0 fully saturated rings. The number of nitrogens with zero attached hydrogens (tertiary/aromatic N) is 4. The lowest BCUT2D eigenvalue weighted by Crippen LogP contribution is -2.37. The fraction of sp³-hybridized carbons (Fsp3) is 0.308. The minimum Gasteiger partial charge on any atom is -0.481 e. The molecule has 2 aromatic heterocycles. The second kappa shape index (κ2) is 4.72. The highest BCUT2D eigenvalue weighted by atomic mass is 16.5. The Morgan fingerprint density at radius 1 is 1.42 bits per heavy atom. The molecule has 0 atom stereocenters. The molecule has 0 saturated carbocycles. The number of fused-ring (bicyclic) bond motifs is 1. The summed E-state index contributed by atoms with van der Waals surface area (Å²) in [7, 11) is 1.54. The number of aromatic nitrogens is 3. The molecule has 0 unspecified atom stereocenters. The van der Waals surface area contributed by atoms with Crippen molar-refractivity contribution in [2.24, 2.45) is 0 Å². The third-order valence-electron chi connectivity index (χ3n) is 3.24. The molecule has 0 radical (unpaired) electrons. The van der Waals surface area contributed by atoms with Gasteiger partial charge in [0.15, 0.2) is 0 Å². The summed E-state index contributed by atoms with van der Waals surface area (Å²) in [5.74, 6) is 0.445. The number of pyridine rings is 1. The highest BCUT2D eigenvalue weighted by Gasteiger charge is 2.22. The lowest BCUT2D eigenvalue weighted by molar-refractivity contribution is 0.0710. The zero-order chi connectivity index (χ0) is 13.2. The summed E-state index contributed by atoms with van der Waals surface area (Å²) in [6, 6.07) is 3.37. The second-order valence-electron chi connectivity index (χ2n) is 4.39. The van der Waals surface area contributed by atoms with E-state index in [0.717, 1.165) is 12.2 Å². The van der Waals surface area contributed by atoms with Crippen molar-refractivity contribution in [3.8, 4) is 5.88 Å². The van der Waals surface area contributed by atoms with Crippen LogP contribution in [0.3, 0.4) is 0 Å². The highest BCUT2D eigenvalue weighted by molar-refractivity contribution is 5.94.